The number of aromatic nitrogens is 3. The number of pyridine rings is 1. The first-order valence-corrected chi connectivity index (χ1v) is 8.31. The van der Waals surface area contributed by atoms with E-state index in [0.717, 1.165) is 44.7 Å². The van der Waals surface area contributed by atoms with Gasteiger partial charge in [-0.3, -0.25) is 10.1 Å². The Balaban J connectivity index is 1.45. The first kappa shape index (κ1) is 14.7. The molecule has 1 aliphatic heterocycles. The number of aromatic amines is 1. The monoisotopic (exact) mass is 338 g/mol. The van der Waals surface area contributed by atoms with E-state index in [1.807, 2.05) is 54.7 Å². The molecule has 6 heteroatoms. The normalized spacial score (nSPS) is 13.3. The third-order valence-electron chi connectivity index (χ3n) is 4.44. The molecule has 4 aromatic rings. The molecule has 0 saturated carbocycles. The first-order valence-electron chi connectivity index (χ1n) is 8.31. The van der Waals surface area contributed by atoms with Crippen molar-refractivity contribution in [3.63, 3.8) is 0 Å². The van der Waals surface area contributed by atoms with Crippen LogP contribution < -0.4 is 0 Å². The van der Waals surface area contributed by atoms with Gasteiger partial charge < -0.3 is 0 Å². The lowest BCUT2D eigenvalue weighted by atomic mass is 10.0. The van der Waals surface area contributed by atoms with E-state index in [-0.39, 0.29) is 0 Å². The molecule has 0 fully saturated rings. The third-order valence-corrected chi connectivity index (χ3v) is 4.44. The van der Waals surface area contributed by atoms with Crippen LogP contribution >= 0.6 is 0 Å². The van der Waals surface area contributed by atoms with Gasteiger partial charge in [-0.15, -0.1) is 5.10 Å². The van der Waals surface area contributed by atoms with Crippen molar-refractivity contribution >= 4 is 16.6 Å². The van der Waals surface area contributed by atoms with Gasteiger partial charge in [0.2, 0.25) is 0 Å². The van der Waals surface area contributed by atoms with E-state index in [9.17, 15) is 0 Å². The van der Waals surface area contributed by atoms with E-state index in [1.54, 1.807) is 0 Å². The predicted octanol–water partition coefficient (Wildman–Crippen LogP) is 4.46. The van der Waals surface area contributed by atoms with Crippen LogP contribution in [0.1, 0.15) is 5.56 Å². The average molecular weight is 338 g/mol. The number of benzene rings is 2. The van der Waals surface area contributed by atoms with Crippen LogP contribution in [0.5, 0.6) is 0 Å². The lowest BCUT2D eigenvalue weighted by Crippen LogP contribution is -2.00. The highest BCUT2D eigenvalue weighted by Crippen LogP contribution is 2.26. The third kappa shape index (κ3) is 2.57. The quantitative estimate of drug-likeness (QED) is 0.598. The molecule has 0 saturated heterocycles. The summed E-state index contributed by atoms with van der Waals surface area (Å²) >= 11 is 0. The van der Waals surface area contributed by atoms with Crippen molar-refractivity contribution in [1.29, 1.82) is 0 Å². The summed E-state index contributed by atoms with van der Waals surface area (Å²) in [5, 5.41) is 20.2. The molecule has 6 nitrogen and oxygen atoms in total. The molecule has 2 aromatic heterocycles. The zero-order valence-electron chi connectivity index (χ0n) is 13.8. The smallest absolute Gasteiger partial charge is 0.107 e. The second-order valence-electron chi connectivity index (χ2n) is 6.10. The molecular formula is C20H14N6. The molecule has 0 spiro atoms. The Labute approximate surface area is 149 Å². The number of hydrogen-bond acceptors (Lipinski definition) is 5. The molecule has 1 N–H and O–H groups in total. The van der Waals surface area contributed by atoms with Gasteiger partial charge in [0.05, 0.1) is 22.6 Å². The fourth-order valence-electron chi connectivity index (χ4n) is 3.04. The van der Waals surface area contributed by atoms with Crippen molar-refractivity contribution in [2.75, 3.05) is 6.54 Å². The fourth-order valence-corrected chi connectivity index (χ4v) is 3.04. The summed E-state index contributed by atoms with van der Waals surface area (Å²) in [7, 11) is 0. The van der Waals surface area contributed by atoms with Gasteiger partial charge in [0, 0.05) is 17.1 Å². The minimum Gasteiger partial charge on any atom is -0.277 e. The van der Waals surface area contributed by atoms with Gasteiger partial charge in [0.15, 0.2) is 0 Å². The van der Waals surface area contributed by atoms with Crippen molar-refractivity contribution in [3.05, 3.63) is 72.4 Å². The summed E-state index contributed by atoms with van der Waals surface area (Å²) in [5.41, 5.74) is 6.81. The SMILES string of the molecule is c1ccc2ncc(-c3cc(-c4ccc(C5=NN=NC5)cc4)[nH]n3)cc2c1. The minimum absolute atomic E-state index is 0.544. The van der Waals surface area contributed by atoms with Crippen molar-refractivity contribution in [1.82, 2.24) is 15.2 Å². The Hall–Kier alpha value is -3.67. The summed E-state index contributed by atoms with van der Waals surface area (Å²) in [6.07, 6.45) is 1.86. The summed E-state index contributed by atoms with van der Waals surface area (Å²) in [6, 6.07) is 20.4. The molecule has 26 heavy (non-hydrogen) atoms. The number of nitrogens with zero attached hydrogens (tertiary/aromatic N) is 5. The zero-order chi connectivity index (χ0) is 17.3. The number of rotatable bonds is 3. The maximum absolute atomic E-state index is 4.51. The molecule has 124 valence electrons. The minimum atomic E-state index is 0.544. The number of hydrogen-bond donors (Lipinski definition) is 1. The van der Waals surface area contributed by atoms with Crippen molar-refractivity contribution in [2.45, 2.75) is 0 Å². The molecule has 0 aliphatic carbocycles. The Morgan fingerprint density at radius 2 is 1.69 bits per heavy atom. The molecule has 2 aromatic carbocycles. The van der Waals surface area contributed by atoms with E-state index >= 15 is 0 Å². The summed E-state index contributed by atoms with van der Waals surface area (Å²) in [5.74, 6) is 0. The number of fused-ring (bicyclic) bond motifs is 1. The van der Waals surface area contributed by atoms with Gasteiger partial charge >= 0.3 is 0 Å². The van der Waals surface area contributed by atoms with Crippen molar-refractivity contribution in [2.24, 2.45) is 15.4 Å². The van der Waals surface area contributed by atoms with Gasteiger partial charge in [0.25, 0.3) is 0 Å². The lowest BCUT2D eigenvalue weighted by molar-refractivity contribution is 1.06. The largest absolute Gasteiger partial charge is 0.277 e. The van der Waals surface area contributed by atoms with Crippen LogP contribution in [0.2, 0.25) is 0 Å². The number of H-pyrrole nitrogens is 1. The molecule has 0 amide bonds. The highest BCUT2D eigenvalue weighted by Gasteiger charge is 2.10. The maximum Gasteiger partial charge on any atom is 0.107 e. The van der Waals surface area contributed by atoms with Gasteiger partial charge in [-0.25, -0.2) is 0 Å². The van der Waals surface area contributed by atoms with E-state index < -0.39 is 0 Å². The number of nitrogens with one attached hydrogen (secondary N) is 1. The Bertz CT molecular complexity index is 1150. The molecular weight excluding hydrogens is 324 g/mol. The first-order chi connectivity index (χ1) is 12.9. The molecule has 0 atom stereocenters. The van der Waals surface area contributed by atoms with Crippen molar-refractivity contribution < 1.29 is 0 Å². The topological polar surface area (TPSA) is 78.6 Å². The van der Waals surface area contributed by atoms with Crippen molar-refractivity contribution in [3.8, 4) is 22.5 Å². The van der Waals surface area contributed by atoms with E-state index in [4.69, 9.17) is 0 Å². The molecule has 5 rings (SSSR count). The highest BCUT2D eigenvalue weighted by molar-refractivity contribution is 6.02. The van der Waals surface area contributed by atoms with Gasteiger partial charge in [-0.2, -0.15) is 10.2 Å². The van der Waals surface area contributed by atoms with E-state index in [1.165, 1.54) is 0 Å². The van der Waals surface area contributed by atoms with Crippen LogP contribution in [0.4, 0.5) is 0 Å². The lowest BCUT2D eigenvalue weighted by Gasteiger charge is -2.01. The van der Waals surface area contributed by atoms with Gasteiger partial charge in [-0.1, -0.05) is 42.5 Å². The predicted molar refractivity (Wildman–Crippen MR) is 101 cm³/mol. The summed E-state index contributed by atoms with van der Waals surface area (Å²) in [4.78, 5) is 4.51. The summed E-state index contributed by atoms with van der Waals surface area (Å²) < 4.78 is 0. The molecule has 0 radical (unpaired) electrons. The van der Waals surface area contributed by atoms with Crippen LogP contribution in [-0.2, 0) is 0 Å². The Morgan fingerprint density at radius 3 is 2.54 bits per heavy atom. The highest BCUT2D eigenvalue weighted by atomic mass is 15.4. The second kappa shape index (κ2) is 6.00. The molecule has 3 heterocycles. The summed E-state index contributed by atoms with van der Waals surface area (Å²) in [6.45, 7) is 0.544. The van der Waals surface area contributed by atoms with E-state index in [2.05, 4.69) is 42.8 Å². The zero-order valence-corrected chi connectivity index (χ0v) is 13.8. The standard InChI is InChI=1S/C20H14N6/c1-2-4-17-15(3-1)9-16(11-21-17)19-10-18(23-24-19)13-5-7-14(8-6-13)20-12-22-26-25-20/h1-11H,12H2,(H,23,24). The van der Waals surface area contributed by atoms with Crippen LogP contribution in [0, 0.1) is 0 Å². The fraction of sp³-hybridized carbons (Fsp3) is 0.0500. The molecule has 0 bridgehead atoms. The number of para-hydroxylation sites is 1. The van der Waals surface area contributed by atoms with Crippen LogP contribution in [0.15, 0.2) is 82.3 Å². The Kier molecular flexibility index (Phi) is 3.38. The van der Waals surface area contributed by atoms with Crippen LogP contribution in [-0.4, -0.2) is 27.4 Å². The molecule has 0 unspecified atom stereocenters. The second-order valence-corrected chi connectivity index (χ2v) is 6.10. The van der Waals surface area contributed by atoms with Gasteiger partial charge in [0.1, 0.15) is 6.54 Å². The van der Waals surface area contributed by atoms with Gasteiger partial charge in [-0.05, 0) is 34.5 Å². The maximum atomic E-state index is 4.51. The van der Waals surface area contributed by atoms with Crippen LogP contribution in [0.3, 0.4) is 0 Å². The van der Waals surface area contributed by atoms with E-state index in [0.29, 0.717) is 6.54 Å². The molecule has 1 aliphatic rings. The average Bonchev–Trinajstić information content (AvgIpc) is 3.40. The Morgan fingerprint density at radius 1 is 0.846 bits per heavy atom. The van der Waals surface area contributed by atoms with Crippen LogP contribution in [0.25, 0.3) is 33.4 Å².